The average molecular weight is 237 g/mol. The molecular formula is C12H19N3O2. The van der Waals surface area contributed by atoms with Crippen LogP contribution in [-0.2, 0) is 6.54 Å². The molecule has 94 valence electrons. The molecule has 0 aliphatic carbocycles. The van der Waals surface area contributed by atoms with Gasteiger partial charge >= 0.3 is 0 Å². The van der Waals surface area contributed by atoms with Gasteiger partial charge in [0.25, 0.3) is 0 Å². The van der Waals surface area contributed by atoms with E-state index in [9.17, 15) is 0 Å². The third kappa shape index (κ3) is 5.21. The van der Waals surface area contributed by atoms with Gasteiger partial charge in [-0.25, -0.2) is 0 Å². The minimum atomic E-state index is 0.274. The lowest BCUT2D eigenvalue weighted by Crippen LogP contribution is -2.18. The molecule has 0 aliphatic rings. The average Bonchev–Trinajstić information content (AvgIpc) is 2.38. The molecule has 0 aliphatic heterocycles. The molecule has 0 heterocycles. The summed E-state index contributed by atoms with van der Waals surface area (Å²) < 4.78 is 5.08. The van der Waals surface area contributed by atoms with Crippen molar-refractivity contribution < 1.29 is 9.94 Å². The minimum Gasteiger partial charge on any atom is -0.497 e. The molecule has 1 aromatic rings. The number of ether oxygens (including phenoxy) is 1. The summed E-state index contributed by atoms with van der Waals surface area (Å²) in [5, 5.41) is 14.6. The number of hydrogen-bond acceptors (Lipinski definition) is 4. The normalized spacial score (nSPS) is 11.5. The number of hydrogen-bond donors (Lipinski definition) is 3. The predicted octanol–water partition coefficient (Wildman–Crippen LogP) is 1.31. The van der Waals surface area contributed by atoms with E-state index in [4.69, 9.17) is 15.7 Å². The number of nitrogens with one attached hydrogen (secondary N) is 1. The fourth-order valence-electron chi connectivity index (χ4n) is 1.42. The number of nitrogens with zero attached hydrogens (tertiary/aromatic N) is 1. The van der Waals surface area contributed by atoms with Gasteiger partial charge in [-0.1, -0.05) is 17.3 Å². The minimum absolute atomic E-state index is 0.274. The number of methoxy groups -OCH3 is 1. The Balaban J connectivity index is 2.17. The maximum atomic E-state index is 8.35. The van der Waals surface area contributed by atoms with Crippen LogP contribution in [0.3, 0.4) is 0 Å². The van der Waals surface area contributed by atoms with Crippen LogP contribution in [0, 0.1) is 0 Å². The fraction of sp³-hybridized carbons (Fsp3) is 0.417. The topological polar surface area (TPSA) is 79.9 Å². The highest BCUT2D eigenvalue weighted by Gasteiger charge is 1.95. The van der Waals surface area contributed by atoms with E-state index in [1.54, 1.807) is 7.11 Å². The van der Waals surface area contributed by atoms with E-state index < -0.39 is 0 Å². The number of benzene rings is 1. The van der Waals surface area contributed by atoms with Crippen LogP contribution in [-0.4, -0.2) is 24.7 Å². The molecule has 0 atom stereocenters. The predicted molar refractivity (Wildman–Crippen MR) is 67.3 cm³/mol. The first-order valence-electron chi connectivity index (χ1n) is 5.56. The van der Waals surface area contributed by atoms with Crippen molar-refractivity contribution in [1.82, 2.24) is 5.32 Å². The van der Waals surface area contributed by atoms with Crippen molar-refractivity contribution in [3.05, 3.63) is 29.8 Å². The molecule has 0 bridgehead atoms. The first kappa shape index (κ1) is 13.3. The third-order valence-corrected chi connectivity index (χ3v) is 2.40. The smallest absolute Gasteiger partial charge is 0.139 e. The first-order chi connectivity index (χ1) is 8.26. The molecule has 1 rings (SSSR count). The van der Waals surface area contributed by atoms with E-state index in [-0.39, 0.29) is 5.84 Å². The van der Waals surface area contributed by atoms with Gasteiger partial charge in [0.2, 0.25) is 0 Å². The molecule has 17 heavy (non-hydrogen) atoms. The van der Waals surface area contributed by atoms with Crippen molar-refractivity contribution in [2.75, 3.05) is 13.7 Å². The molecular weight excluding hydrogens is 218 g/mol. The summed E-state index contributed by atoms with van der Waals surface area (Å²) in [6, 6.07) is 7.92. The monoisotopic (exact) mass is 237 g/mol. The molecule has 1 aromatic carbocycles. The summed E-state index contributed by atoms with van der Waals surface area (Å²) in [6.45, 7) is 1.64. The van der Waals surface area contributed by atoms with Gasteiger partial charge in [-0.2, -0.15) is 0 Å². The van der Waals surface area contributed by atoms with Crippen LogP contribution in [0.2, 0.25) is 0 Å². The summed E-state index contributed by atoms with van der Waals surface area (Å²) in [6.07, 6.45) is 1.46. The lowest BCUT2D eigenvalue weighted by Gasteiger charge is -2.05. The molecule has 5 heteroatoms. The molecule has 0 saturated carbocycles. The number of rotatable bonds is 7. The summed E-state index contributed by atoms with van der Waals surface area (Å²) in [7, 11) is 1.65. The standard InChI is InChI=1S/C12H19N3O2/c1-17-11-6-4-10(5-7-11)9-14-8-2-3-12(13)15-16/h4-7,14,16H,2-3,8-9H2,1H3,(H2,13,15). The first-order valence-corrected chi connectivity index (χ1v) is 5.56. The van der Waals surface area contributed by atoms with E-state index in [1.807, 2.05) is 24.3 Å². The van der Waals surface area contributed by atoms with Crippen molar-refractivity contribution in [2.24, 2.45) is 10.9 Å². The van der Waals surface area contributed by atoms with Crippen LogP contribution in [0.1, 0.15) is 18.4 Å². The molecule has 5 nitrogen and oxygen atoms in total. The fourth-order valence-corrected chi connectivity index (χ4v) is 1.42. The quantitative estimate of drug-likeness (QED) is 0.220. The van der Waals surface area contributed by atoms with Gasteiger partial charge in [0.15, 0.2) is 0 Å². The van der Waals surface area contributed by atoms with E-state index in [0.29, 0.717) is 6.42 Å². The van der Waals surface area contributed by atoms with Crippen LogP contribution in [0.4, 0.5) is 0 Å². The SMILES string of the molecule is COc1ccc(CNCCCC(N)=NO)cc1. The van der Waals surface area contributed by atoms with Crippen molar-refractivity contribution in [3.63, 3.8) is 0 Å². The van der Waals surface area contributed by atoms with Crippen molar-refractivity contribution in [3.8, 4) is 5.75 Å². The third-order valence-electron chi connectivity index (χ3n) is 2.40. The Labute approximate surface area is 101 Å². The highest BCUT2D eigenvalue weighted by Crippen LogP contribution is 2.10. The molecule has 0 spiro atoms. The Morgan fingerprint density at radius 1 is 1.41 bits per heavy atom. The van der Waals surface area contributed by atoms with Gasteiger partial charge < -0.3 is 21.0 Å². The second kappa shape index (κ2) is 7.51. The van der Waals surface area contributed by atoms with Gasteiger partial charge in [-0.05, 0) is 30.7 Å². The molecule has 0 saturated heterocycles. The molecule has 4 N–H and O–H groups in total. The zero-order chi connectivity index (χ0) is 12.5. The number of amidine groups is 1. The second-order valence-electron chi connectivity index (χ2n) is 3.72. The molecule has 0 radical (unpaired) electrons. The van der Waals surface area contributed by atoms with Gasteiger partial charge in [0.1, 0.15) is 11.6 Å². The maximum absolute atomic E-state index is 8.35. The maximum Gasteiger partial charge on any atom is 0.139 e. The van der Waals surface area contributed by atoms with Crippen LogP contribution in [0.25, 0.3) is 0 Å². The van der Waals surface area contributed by atoms with Crippen molar-refractivity contribution in [1.29, 1.82) is 0 Å². The van der Waals surface area contributed by atoms with Crippen LogP contribution >= 0.6 is 0 Å². The Hall–Kier alpha value is -1.75. The van der Waals surface area contributed by atoms with E-state index >= 15 is 0 Å². The molecule has 0 fully saturated rings. The van der Waals surface area contributed by atoms with Crippen LogP contribution in [0.5, 0.6) is 5.75 Å². The Morgan fingerprint density at radius 3 is 2.71 bits per heavy atom. The highest BCUT2D eigenvalue weighted by atomic mass is 16.5. The van der Waals surface area contributed by atoms with Gasteiger partial charge in [0, 0.05) is 13.0 Å². The lowest BCUT2D eigenvalue weighted by atomic mass is 10.2. The lowest BCUT2D eigenvalue weighted by molar-refractivity contribution is 0.316. The zero-order valence-electron chi connectivity index (χ0n) is 10.0. The van der Waals surface area contributed by atoms with Crippen molar-refractivity contribution in [2.45, 2.75) is 19.4 Å². The Kier molecular flexibility index (Phi) is 5.88. The number of oxime groups is 1. The Morgan fingerprint density at radius 2 is 2.12 bits per heavy atom. The van der Waals surface area contributed by atoms with Gasteiger partial charge in [-0.15, -0.1) is 0 Å². The summed E-state index contributed by atoms with van der Waals surface area (Å²) in [4.78, 5) is 0. The van der Waals surface area contributed by atoms with E-state index in [0.717, 1.165) is 25.3 Å². The summed E-state index contributed by atoms with van der Waals surface area (Å²) >= 11 is 0. The molecule has 0 amide bonds. The van der Waals surface area contributed by atoms with Crippen molar-refractivity contribution >= 4 is 5.84 Å². The van der Waals surface area contributed by atoms with Crippen LogP contribution in [0.15, 0.2) is 29.4 Å². The largest absolute Gasteiger partial charge is 0.497 e. The molecule has 0 unspecified atom stereocenters. The van der Waals surface area contributed by atoms with Gasteiger partial charge in [0.05, 0.1) is 7.11 Å². The van der Waals surface area contributed by atoms with E-state index in [1.165, 1.54) is 5.56 Å². The zero-order valence-corrected chi connectivity index (χ0v) is 10.0. The summed E-state index contributed by atoms with van der Waals surface area (Å²) in [5.41, 5.74) is 6.56. The number of nitrogens with two attached hydrogens (primary N) is 1. The summed E-state index contributed by atoms with van der Waals surface area (Å²) in [5.74, 6) is 1.14. The molecule has 0 aromatic heterocycles. The van der Waals surface area contributed by atoms with Crippen LogP contribution < -0.4 is 15.8 Å². The second-order valence-corrected chi connectivity index (χ2v) is 3.72. The highest BCUT2D eigenvalue weighted by molar-refractivity contribution is 5.79. The Bertz CT molecular complexity index is 349. The van der Waals surface area contributed by atoms with Gasteiger partial charge in [-0.3, -0.25) is 0 Å². The van der Waals surface area contributed by atoms with E-state index in [2.05, 4.69) is 10.5 Å².